The molecule has 1 fully saturated rings. The van der Waals surface area contributed by atoms with E-state index in [1.807, 2.05) is 0 Å². The third-order valence-electron chi connectivity index (χ3n) is 3.75. The summed E-state index contributed by atoms with van der Waals surface area (Å²) in [7, 11) is 0. The monoisotopic (exact) mass is 276 g/mol. The van der Waals surface area contributed by atoms with Crippen LogP contribution in [0, 0.1) is 0 Å². The van der Waals surface area contributed by atoms with Crippen molar-refractivity contribution in [2.45, 2.75) is 82.4 Å². The summed E-state index contributed by atoms with van der Waals surface area (Å²) in [6, 6.07) is 0. The van der Waals surface area contributed by atoms with Crippen molar-refractivity contribution in [2.24, 2.45) is 0 Å². The van der Waals surface area contributed by atoms with Crippen LogP contribution in [0.1, 0.15) is 51.9 Å². The van der Waals surface area contributed by atoms with Gasteiger partial charge >= 0.3 is 0 Å². The van der Waals surface area contributed by atoms with E-state index in [0.717, 1.165) is 12.8 Å². The first-order chi connectivity index (χ1) is 9.06. The second kappa shape index (κ2) is 8.87. The van der Waals surface area contributed by atoms with Crippen molar-refractivity contribution in [3.05, 3.63) is 0 Å². The average molecular weight is 276 g/mol. The predicted molar refractivity (Wildman–Crippen MR) is 71.8 cm³/mol. The molecule has 1 aliphatic rings. The Morgan fingerprint density at radius 2 is 1.74 bits per heavy atom. The van der Waals surface area contributed by atoms with Gasteiger partial charge in [-0.15, -0.1) is 0 Å². The molecule has 1 aliphatic heterocycles. The number of ether oxygens (including phenoxy) is 1. The summed E-state index contributed by atoms with van der Waals surface area (Å²) in [5, 5.41) is 38.5. The first-order valence-electron chi connectivity index (χ1n) is 7.40. The van der Waals surface area contributed by atoms with Crippen molar-refractivity contribution in [2.75, 3.05) is 6.61 Å². The number of hydrogen-bond donors (Lipinski definition) is 4. The first-order valence-corrected chi connectivity index (χ1v) is 7.40. The van der Waals surface area contributed by atoms with E-state index in [-0.39, 0.29) is 6.61 Å². The fourth-order valence-electron chi connectivity index (χ4n) is 2.44. The lowest BCUT2D eigenvalue weighted by Gasteiger charge is -2.36. The highest BCUT2D eigenvalue weighted by molar-refractivity contribution is 4.87. The van der Waals surface area contributed by atoms with Gasteiger partial charge in [0.05, 0.1) is 18.8 Å². The van der Waals surface area contributed by atoms with Crippen LogP contribution in [0.4, 0.5) is 0 Å². The van der Waals surface area contributed by atoms with Crippen molar-refractivity contribution in [3.8, 4) is 0 Å². The molecule has 5 heteroatoms. The Kier molecular flexibility index (Phi) is 7.87. The highest BCUT2D eigenvalue weighted by atomic mass is 16.5. The van der Waals surface area contributed by atoms with E-state index in [4.69, 9.17) is 4.74 Å². The van der Waals surface area contributed by atoms with E-state index in [0.29, 0.717) is 12.8 Å². The van der Waals surface area contributed by atoms with Crippen LogP contribution in [0.25, 0.3) is 0 Å². The molecule has 5 nitrogen and oxygen atoms in total. The quantitative estimate of drug-likeness (QED) is 0.487. The lowest BCUT2D eigenvalue weighted by molar-refractivity contribution is -0.193. The zero-order valence-electron chi connectivity index (χ0n) is 11.7. The molecule has 0 spiro atoms. The Balaban J connectivity index is 2.19. The second-order valence-electron chi connectivity index (χ2n) is 5.51. The van der Waals surface area contributed by atoms with Gasteiger partial charge in [0.15, 0.2) is 0 Å². The number of unbranched alkanes of at least 4 members (excludes halogenated alkanes) is 4. The standard InChI is InChI=1S/C14H28O5/c1-2-3-4-5-6-7-10(15)8-12-14(18)13(17)11(16)9-19-12/h10-18H,2-9H2,1H3/t10-,11-,12+,13+,14+/m1/s1. The van der Waals surface area contributed by atoms with E-state index < -0.39 is 30.5 Å². The third kappa shape index (κ3) is 5.75. The highest BCUT2D eigenvalue weighted by Gasteiger charge is 2.38. The van der Waals surface area contributed by atoms with Gasteiger partial charge in [-0.1, -0.05) is 39.0 Å². The molecule has 5 atom stereocenters. The smallest absolute Gasteiger partial charge is 0.111 e. The van der Waals surface area contributed by atoms with Crippen molar-refractivity contribution in [1.82, 2.24) is 0 Å². The molecule has 1 rings (SSSR count). The molecule has 1 heterocycles. The van der Waals surface area contributed by atoms with Gasteiger partial charge in [-0.25, -0.2) is 0 Å². The zero-order valence-corrected chi connectivity index (χ0v) is 11.7. The molecule has 0 unspecified atom stereocenters. The Morgan fingerprint density at radius 3 is 2.42 bits per heavy atom. The summed E-state index contributed by atoms with van der Waals surface area (Å²) >= 11 is 0. The normalized spacial score (nSPS) is 33.3. The van der Waals surface area contributed by atoms with Crippen LogP contribution < -0.4 is 0 Å². The maximum Gasteiger partial charge on any atom is 0.111 e. The van der Waals surface area contributed by atoms with Gasteiger partial charge in [0, 0.05) is 6.42 Å². The molecule has 0 saturated carbocycles. The fourth-order valence-corrected chi connectivity index (χ4v) is 2.44. The van der Waals surface area contributed by atoms with E-state index in [1.165, 1.54) is 19.3 Å². The van der Waals surface area contributed by atoms with E-state index in [2.05, 4.69) is 6.92 Å². The van der Waals surface area contributed by atoms with Crippen molar-refractivity contribution in [3.63, 3.8) is 0 Å². The summed E-state index contributed by atoms with van der Waals surface area (Å²) in [5.74, 6) is 0. The molecule has 0 aromatic carbocycles. The summed E-state index contributed by atoms with van der Waals surface area (Å²) in [4.78, 5) is 0. The molecule has 0 radical (unpaired) electrons. The number of hydrogen-bond acceptors (Lipinski definition) is 5. The van der Waals surface area contributed by atoms with Crippen LogP contribution in [0.5, 0.6) is 0 Å². The van der Waals surface area contributed by atoms with Crippen LogP contribution in [-0.2, 0) is 4.74 Å². The topological polar surface area (TPSA) is 90.2 Å². The number of rotatable bonds is 8. The molecule has 0 amide bonds. The number of aliphatic hydroxyl groups excluding tert-OH is 4. The summed E-state index contributed by atoms with van der Waals surface area (Å²) in [6.45, 7) is 2.17. The fraction of sp³-hybridized carbons (Fsp3) is 1.00. The lowest BCUT2D eigenvalue weighted by atomic mass is 9.94. The Bertz CT molecular complexity index is 236. The van der Waals surface area contributed by atoms with Crippen LogP contribution in [-0.4, -0.2) is 57.6 Å². The van der Waals surface area contributed by atoms with Crippen LogP contribution in [0.3, 0.4) is 0 Å². The Morgan fingerprint density at radius 1 is 1.05 bits per heavy atom. The SMILES string of the molecule is CCCCCCC[C@@H](O)C[C@@H]1OC[C@@H](O)[C@H](O)[C@H]1O. The minimum Gasteiger partial charge on any atom is -0.393 e. The van der Waals surface area contributed by atoms with Crippen LogP contribution in [0.15, 0.2) is 0 Å². The molecular formula is C14H28O5. The zero-order chi connectivity index (χ0) is 14.3. The van der Waals surface area contributed by atoms with E-state index >= 15 is 0 Å². The van der Waals surface area contributed by atoms with Gasteiger partial charge in [0.2, 0.25) is 0 Å². The van der Waals surface area contributed by atoms with E-state index in [9.17, 15) is 20.4 Å². The molecule has 0 aromatic heterocycles. The maximum atomic E-state index is 9.89. The predicted octanol–water partition coefficient (Wildman–Crippen LogP) is 0.579. The molecule has 0 aliphatic carbocycles. The van der Waals surface area contributed by atoms with E-state index in [1.54, 1.807) is 0 Å². The Labute approximate surface area is 115 Å². The second-order valence-corrected chi connectivity index (χ2v) is 5.51. The minimum atomic E-state index is -1.18. The van der Waals surface area contributed by atoms with Crippen LogP contribution in [0.2, 0.25) is 0 Å². The van der Waals surface area contributed by atoms with Gasteiger partial charge < -0.3 is 25.2 Å². The van der Waals surface area contributed by atoms with Gasteiger partial charge in [-0.2, -0.15) is 0 Å². The van der Waals surface area contributed by atoms with Crippen LogP contribution >= 0.6 is 0 Å². The van der Waals surface area contributed by atoms with Gasteiger partial charge in [0.25, 0.3) is 0 Å². The molecule has 4 N–H and O–H groups in total. The third-order valence-corrected chi connectivity index (χ3v) is 3.75. The van der Waals surface area contributed by atoms with Gasteiger partial charge in [-0.05, 0) is 6.42 Å². The highest BCUT2D eigenvalue weighted by Crippen LogP contribution is 2.21. The van der Waals surface area contributed by atoms with Gasteiger partial charge in [-0.3, -0.25) is 0 Å². The largest absolute Gasteiger partial charge is 0.393 e. The molecule has 0 aromatic rings. The van der Waals surface area contributed by atoms with Crippen molar-refractivity contribution in [1.29, 1.82) is 0 Å². The molecule has 19 heavy (non-hydrogen) atoms. The van der Waals surface area contributed by atoms with Crippen molar-refractivity contribution < 1.29 is 25.2 Å². The molecule has 114 valence electrons. The Hall–Kier alpha value is -0.200. The molecule has 1 saturated heterocycles. The first kappa shape index (κ1) is 16.9. The molecule has 0 bridgehead atoms. The lowest BCUT2D eigenvalue weighted by Crippen LogP contribution is -2.53. The summed E-state index contributed by atoms with van der Waals surface area (Å²) in [6.07, 6.45) is 2.22. The average Bonchev–Trinajstić information content (AvgIpc) is 2.39. The van der Waals surface area contributed by atoms with Crippen molar-refractivity contribution >= 4 is 0 Å². The summed E-state index contributed by atoms with van der Waals surface area (Å²) in [5.41, 5.74) is 0. The minimum absolute atomic E-state index is 0.00606. The van der Waals surface area contributed by atoms with Gasteiger partial charge in [0.1, 0.15) is 18.3 Å². The summed E-state index contributed by atoms with van der Waals surface area (Å²) < 4.78 is 5.27. The molecular weight excluding hydrogens is 248 g/mol. The maximum absolute atomic E-state index is 9.89. The number of aliphatic hydroxyl groups is 4.